The van der Waals surface area contributed by atoms with Crippen molar-refractivity contribution < 1.29 is 15.0 Å². The first-order valence-corrected chi connectivity index (χ1v) is 8.61. The van der Waals surface area contributed by atoms with Crippen molar-refractivity contribution in [2.75, 3.05) is 0 Å². The maximum atomic E-state index is 12.1. The van der Waals surface area contributed by atoms with Crippen LogP contribution in [0.4, 0.5) is 0 Å². The predicted molar refractivity (Wildman–Crippen MR) is 88.4 cm³/mol. The lowest BCUT2D eigenvalue weighted by Crippen LogP contribution is -2.18. The largest absolute Gasteiger partial charge is 0.508 e. The van der Waals surface area contributed by atoms with Crippen molar-refractivity contribution in [3.8, 4) is 11.5 Å². The Balaban J connectivity index is 1.86. The van der Waals surface area contributed by atoms with E-state index in [0.717, 1.165) is 35.3 Å². The molecule has 3 rings (SSSR count). The summed E-state index contributed by atoms with van der Waals surface area (Å²) < 4.78 is 0. The van der Waals surface area contributed by atoms with Crippen LogP contribution >= 0.6 is 11.8 Å². The van der Waals surface area contributed by atoms with Crippen LogP contribution in [0.25, 0.3) is 0 Å². The standard InChI is InChI=1S/C18H20O3S/c1-2-3-15(20)11-5-7-17-12(8-11)4-6-14-16(21)9-13(19)10-18(14)22-17/h5,7-10,12,17,19,21H,2-4,6H2,1H3. The van der Waals surface area contributed by atoms with Crippen LogP contribution in [0.3, 0.4) is 0 Å². The van der Waals surface area contributed by atoms with Gasteiger partial charge in [0.1, 0.15) is 11.5 Å². The first kappa shape index (κ1) is 15.2. The second-order valence-electron chi connectivity index (χ2n) is 5.88. The third kappa shape index (κ3) is 2.93. The second kappa shape index (κ2) is 6.21. The molecule has 1 aromatic carbocycles. The average Bonchev–Trinajstić information content (AvgIpc) is 2.65. The molecule has 0 radical (unpaired) electrons. The molecule has 1 aliphatic carbocycles. The summed E-state index contributed by atoms with van der Waals surface area (Å²) in [6.07, 6.45) is 9.24. The van der Waals surface area contributed by atoms with Gasteiger partial charge in [0.05, 0.1) is 0 Å². The number of hydrogen-bond donors (Lipinski definition) is 2. The van der Waals surface area contributed by atoms with Gasteiger partial charge in [0, 0.05) is 33.8 Å². The number of ketones is 1. The Morgan fingerprint density at radius 3 is 2.95 bits per heavy atom. The average molecular weight is 316 g/mol. The zero-order valence-electron chi connectivity index (χ0n) is 12.6. The number of hydrogen-bond acceptors (Lipinski definition) is 4. The second-order valence-corrected chi connectivity index (χ2v) is 7.10. The predicted octanol–water partition coefficient (Wildman–Crippen LogP) is 3.99. The lowest BCUT2D eigenvalue weighted by atomic mass is 9.88. The molecule has 2 aliphatic rings. The summed E-state index contributed by atoms with van der Waals surface area (Å²) in [6.45, 7) is 2.02. The molecule has 4 heteroatoms. The van der Waals surface area contributed by atoms with Gasteiger partial charge < -0.3 is 10.2 Å². The van der Waals surface area contributed by atoms with E-state index in [9.17, 15) is 15.0 Å². The number of rotatable bonds is 3. The minimum atomic E-state index is 0.0938. The summed E-state index contributed by atoms with van der Waals surface area (Å²) in [4.78, 5) is 13.0. The molecular weight excluding hydrogens is 296 g/mol. The molecule has 1 aromatic rings. The molecule has 0 saturated heterocycles. The van der Waals surface area contributed by atoms with Gasteiger partial charge in [0.15, 0.2) is 5.78 Å². The smallest absolute Gasteiger partial charge is 0.162 e. The van der Waals surface area contributed by atoms with E-state index in [1.54, 1.807) is 17.8 Å². The first-order chi connectivity index (χ1) is 10.6. The summed E-state index contributed by atoms with van der Waals surface area (Å²) in [5, 5.41) is 20.0. The fraction of sp³-hybridized carbons (Fsp3) is 0.389. The molecule has 0 amide bonds. The lowest BCUT2D eigenvalue weighted by molar-refractivity contribution is -0.115. The first-order valence-electron chi connectivity index (χ1n) is 7.73. The molecule has 0 saturated carbocycles. The molecule has 116 valence electrons. The third-order valence-corrected chi connectivity index (χ3v) is 5.64. The zero-order chi connectivity index (χ0) is 15.7. The summed E-state index contributed by atoms with van der Waals surface area (Å²) in [6, 6.07) is 3.12. The molecule has 1 aliphatic heterocycles. The van der Waals surface area contributed by atoms with E-state index in [0.29, 0.717) is 12.3 Å². The SMILES string of the molecule is CCCC(=O)C1=CC2CCc3c(O)cc(O)cc3SC2C=C1. The molecule has 22 heavy (non-hydrogen) atoms. The number of thioether (sulfide) groups is 1. The van der Waals surface area contributed by atoms with Gasteiger partial charge >= 0.3 is 0 Å². The minimum Gasteiger partial charge on any atom is -0.508 e. The van der Waals surface area contributed by atoms with E-state index in [1.807, 2.05) is 13.0 Å². The van der Waals surface area contributed by atoms with Gasteiger partial charge in [-0.1, -0.05) is 25.2 Å². The topological polar surface area (TPSA) is 57.5 Å². The Kier molecular flexibility index (Phi) is 4.30. The maximum Gasteiger partial charge on any atom is 0.162 e. The molecule has 0 fully saturated rings. The number of phenolic OH excluding ortho intramolecular Hbond substituents is 2. The van der Waals surface area contributed by atoms with Crippen LogP contribution in [0, 0.1) is 5.92 Å². The van der Waals surface area contributed by atoms with Crippen LogP contribution in [0.1, 0.15) is 31.7 Å². The molecule has 3 nitrogen and oxygen atoms in total. The van der Waals surface area contributed by atoms with Gasteiger partial charge in [0.25, 0.3) is 0 Å². The number of carbonyl (C=O) groups excluding carboxylic acids is 1. The number of fused-ring (bicyclic) bond motifs is 2. The molecule has 2 N–H and O–H groups in total. The fourth-order valence-corrected chi connectivity index (χ4v) is 4.46. The minimum absolute atomic E-state index is 0.0938. The lowest BCUT2D eigenvalue weighted by Gasteiger charge is -2.23. The summed E-state index contributed by atoms with van der Waals surface area (Å²) in [7, 11) is 0. The zero-order valence-corrected chi connectivity index (χ0v) is 13.4. The molecular formula is C18H20O3S. The van der Waals surface area contributed by atoms with E-state index in [-0.39, 0.29) is 22.5 Å². The maximum absolute atomic E-state index is 12.1. The quantitative estimate of drug-likeness (QED) is 0.885. The monoisotopic (exact) mass is 316 g/mol. The molecule has 2 unspecified atom stereocenters. The molecule has 0 spiro atoms. The van der Waals surface area contributed by atoms with Crippen molar-refractivity contribution in [2.45, 2.75) is 42.8 Å². The van der Waals surface area contributed by atoms with Gasteiger partial charge in [-0.25, -0.2) is 0 Å². The Labute approximate surface area is 134 Å². The van der Waals surface area contributed by atoms with E-state index in [1.165, 1.54) is 6.07 Å². The van der Waals surface area contributed by atoms with Crippen LogP contribution in [0.5, 0.6) is 11.5 Å². The Bertz CT molecular complexity index is 661. The highest BCUT2D eigenvalue weighted by Gasteiger charge is 2.28. The number of phenols is 2. The summed E-state index contributed by atoms with van der Waals surface area (Å²) in [5.41, 5.74) is 1.72. The van der Waals surface area contributed by atoms with Crippen LogP contribution in [0.15, 0.2) is 40.8 Å². The third-order valence-electron chi connectivity index (χ3n) is 4.24. The molecule has 0 aromatic heterocycles. The number of benzene rings is 1. The number of Topliss-reactive ketones (excluding diaryl/α,β-unsaturated/α-hetero) is 1. The van der Waals surface area contributed by atoms with Gasteiger partial charge in [-0.2, -0.15) is 0 Å². The summed E-state index contributed by atoms with van der Waals surface area (Å²) in [5.74, 6) is 0.761. The van der Waals surface area contributed by atoms with E-state index >= 15 is 0 Å². The van der Waals surface area contributed by atoms with Gasteiger partial charge in [0.2, 0.25) is 0 Å². The van der Waals surface area contributed by atoms with Gasteiger partial charge in [-0.15, -0.1) is 11.8 Å². The van der Waals surface area contributed by atoms with Crippen molar-refractivity contribution in [2.24, 2.45) is 5.92 Å². The Morgan fingerprint density at radius 2 is 2.18 bits per heavy atom. The van der Waals surface area contributed by atoms with Crippen molar-refractivity contribution in [3.63, 3.8) is 0 Å². The van der Waals surface area contributed by atoms with Crippen LogP contribution in [-0.2, 0) is 11.2 Å². The van der Waals surface area contributed by atoms with Crippen molar-refractivity contribution in [1.29, 1.82) is 0 Å². The fourth-order valence-electron chi connectivity index (χ4n) is 3.08. The number of allylic oxidation sites excluding steroid dienone is 3. The van der Waals surface area contributed by atoms with Gasteiger partial charge in [-0.05, 0) is 31.2 Å². The molecule has 1 heterocycles. The van der Waals surface area contributed by atoms with E-state index < -0.39 is 0 Å². The van der Waals surface area contributed by atoms with E-state index in [2.05, 4.69) is 12.2 Å². The van der Waals surface area contributed by atoms with E-state index in [4.69, 9.17) is 0 Å². The van der Waals surface area contributed by atoms with Crippen LogP contribution < -0.4 is 0 Å². The highest BCUT2D eigenvalue weighted by Crippen LogP contribution is 2.44. The van der Waals surface area contributed by atoms with Crippen LogP contribution in [0.2, 0.25) is 0 Å². The Hall–Kier alpha value is -1.68. The normalized spacial score (nSPS) is 23.2. The van der Waals surface area contributed by atoms with Crippen LogP contribution in [-0.4, -0.2) is 21.2 Å². The molecule has 0 bridgehead atoms. The van der Waals surface area contributed by atoms with Gasteiger partial charge in [-0.3, -0.25) is 4.79 Å². The van der Waals surface area contributed by atoms with Crippen molar-refractivity contribution in [1.82, 2.24) is 0 Å². The van der Waals surface area contributed by atoms with Crippen molar-refractivity contribution in [3.05, 3.63) is 41.5 Å². The van der Waals surface area contributed by atoms with Crippen molar-refractivity contribution >= 4 is 17.5 Å². The number of carbonyl (C=O) groups is 1. The number of aromatic hydroxyl groups is 2. The highest BCUT2D eigenvalue weighted by atomic mass is 32.2. The molecule has 2 atom stereocenters. The summed E-state index contributed by atoms with van der Waals surface area (Å²) >= 11 is 1.65. The Morgan fingerprint density at radius 1 is 1.36 bits per heavy atom. The highest BCUT2D eigenvalue weighted by molar-refractivity contribution is 8.00.